The van der Waals surface area contributed by atoms with Crippen molar-refractivity contribution in [3.05, 3.63) is 47.5 Å². The lowest BCUT2D eigenvalue weighted by Gasteiger charge is -2.39. The molecule has 1 unspecified atom stereocenters. The average molecular weight is 298 g/mol. The number of ether oxygens (including phenoxy) is 1. The molecule has 0 bridgehead atoms. The van der Waals surface area contributed by atoms with Crippen molar-refractivity contribution in [1.29, 1.82) is 0 Å². The monoisotopic (exact) mass is 298 g/mol. The summed E-state index contributed by atoms with van der Waals surface area (Å²) in [7, 11) is 0. The first-order chi connectivity index (χ1) is 10.6. The molecule has 22 heavy (non-hydrogen) atoms. The van der Waals surface area contributed by atoms with Gasteiger partial charge in [0.2, 0.25) is 0 Å². The number of hydrogen-bond donors (Lipinski definition) is 0. The van der Waals surface area contributed by atoms with E-state index in [2.05, 4.69) is 30.8 Å². The molecule has 0 heterocycles. The number of esters is 1. The van der Waals surface area contributed by atoms with Gasteiger partial charge in [0, 0.05) is 11.0 Å². The van der Waals surface area contributed by atoms with Crippen LogP contribution in [0.3, 0.4) is 0 Å². The van der Waals surface area contributed by atoms with Crippen molar-refractivity contribution in [2.45, 2.75) is 64.4 Å². The van der Waals surface area contributed by atoms with Crippen molar-refractivity contribution in [2.75, 3.05) is 0 Å². The molecule has 0 aromatic heterocycles. The molecule has 118 valence electrons. The van der Waals surface area contributed by atoms with E-state index in [1.807, 2.05) is 0 Å². The van der Waals surface area contributed by atoms with E-state index in [1.54, 1.807) is 6.92 Å². The van der Waals surface area contributed by atoms with E-state index >= 15 is 0 Å². The van der Waals surface area contributed by atoms with E-state index in [9.17, 15) is 4.79 Å². The summed E-state index contributed by atoms with van der Waals surface area (Å²) in [5, 5.41) is 0. The van der Waals surface area contributed by atoms with Crippen LogP contribution in [0.1, 0.15) is 69.1 Å². The second kappa shape index (κ2) is 6.28. The van der Waals surface area contributed by atoms with Gasteiger partial charge in [0.05, 0.1) is 0 Å². The average Bonchev–Trinajstić information content (AvgIpc) is 2.98. The van der Waals surface area contributed by atoms with Crippen molar-refractivity contribution < 1.29 is 9.53 Å². The molecule has 2 heteroatoms. The molecule has 1 aromatic carbocycles. The molecule has 1 saturated carbocycles. The molecule has 1 fully saturated rings. The zero-order chi connectivity index (χ0) is 15.6. The van der Waals surface area contributed by atoms with Gasteiger partial charge in [-0.05, 0) is 50.2 Å². The van der Waals surface area contributed by atoms with Crippen LogP contribution in [0.2, 0.25) is 0 Å². The van der Waals surface area contributed by atoms with Crippen molar-refractivity contribution >= 4 is 5.97 Å². The molecule has 0 radical (unpaired) electrons. The summed E-state index contributed by atoms with van der Waals surface area (Å²) in [4.78, 5) is 12.2. The van der Waals surface area contributed by atoms with Crippen LogP contribution >= 0.6 is 0 Å². The molecule has 0 saturated heterocycles. The van der Waals surface area contributed by atoms with Crippen LogP contribution in [-0.4, -0.2) is 5.97 Å². The summed E-state index contributed by atoms with van der Waals surface area (Å²) in [6, 6.07) is 8.53. The SMILES string of the molecule is C=C(C)C(=O)OC1c2ccccc2CCCCC12CCCC2. The third-order valence-corrected chi connectivity index (χ3v) is 5.44. The van der Waals surface area contributed by atoms with Crippen LogP contribution < -0.4 is 0 Å². The van der Waals surface area contributed by atoms with Crippen molar-refractivity contribution in [1.82, 2.24) is 0 Å². The van der Waals surface area contributed by atoms with Crippen molar-refractivity contribution in [3.63, 3.8) is 0 Å². The van der Waals surface area contributed by atoms with Gasteiger partial charge in [0.15, 0.2) is 0 Å². The standard InChI is InChI=1S/C20H26O2/c1-15(2)19(21)22-18-17-11-4-3-9-16(17)10-5-6-12-20(18)13-7-8-14-20/h3-4,9,11,18H,1,5-8,10,12-14H2,2H3. The Hall–Kier alpha value is -1.57. The second-order valence-corrected chi connectivity index (χ2v) is 7.04. The molecular formula is C20H26O2. The highest BCUT2D eigenvalue weighted by Gasteiger charge is 2.45. The fraction of sp³-hybridized carbons (Fsp3) is 0.550. The molecule has 0 N–H and O–H groups in total. The Morgan fingerprint density at radius 3 is 2.45 bits per heavy atom. The lowest BCUT2D eigenvalue weighted by Crippen LogP contribution is -2.32. The summed E-state index contributed by atoms with van der Waals surface area (Å²) in [5.41, 5.74) is 3.22. The molecule has 2 aliphatic carbocycles. The van der Waals surface area contributed by atoms with Crippen molar-refractivity contribution in [2.24, 2.45) is 5.41 Å². The Morgan fingerprint density at radius 1 is 1.14 bits per heavy atom. The highest BCUT2D eigenvalue weighted by Crippen LogP contribution is 2.54. The first-order valence-electron chi connectivity index (χ1n) is 8.57. The Labute approximate surface area is 133 Å². The molecule has 1 aromatic rings. The Balaban J connectivity index is 2.03. The quantitative estimate of drug-likeness (QED) is 0.558. The molecule has 1 atom stereocenters. The topological polar surface area (TPSA) is 26.3 Å². The lowest BCUT2D eigenvalue weighted by molar-refractivity contribution is -0.153. The zero-order valence-corrected chi connectivity index (χ0v) is 13.6. The Kier molecular flexibility index (Phi) is 4.37. The number of fused-ring (bicyclic) bond motifs is 1. The Morgan fingerprint density at radius 2 is 1.77 bits per heavy atom. The molecule has 3 rings (SSSR count). The molecule has 2 aliphatic rings. The number of aryl methyl sites for hydroxylation is 1. The molecule has 0 aliphatic heterocycles. The van der Waals surface area contributed by atoms with Crippen LogP contribution in [0.15, 0.2) is 36.4 Å². The molecule has 0 amide bonds. The minimum Gasteiger partial charge on any atom is -0.454 e. The third kappa shape index (κ3) is 2.84. The largest absolute Gasteiger partial charge is 0.454 e. The maximum atomic E-state index is 12.2. The summed E-state index contributed by atoms with van der Waals surface area (Å²) in [5.74, 6) is -0.244. The first kappa shape index (κ1) is 15.3. The van der Waals surface area contributed by atoms with Gasteiger partial charge in [-0.15, -0.1) is 0 Å². The van der Waals surface area contributed by atoms with Crippen LogP contribution in [0, 0.1) is 5.41 Å². The van der Waals surface area contributed by atoms with Gasteiger partial charge in [-0.3, -0.25) is 0 Å². The Bertz CT molecular complexity index is 567. The fourth-order valence-corrected chi connectivity index (χ4v) is 4.26. The molecule has 1 spiro atoms. The normalized spacial score (nSPS) is 23.4. The van der Waals surface area contributed by atoms with E-state index in [-0.39, 0.29) is 17.5 Å². The van der Waals surface area contributed by atoms with E-state index in [0.29, 0.717) is 5.57 Å². The number of rotatable bonds is 2. The van der Waals surface area contributed by atoms with Gasteiger partial charge in [-0.1, -0.05) is 50.1 Å². The second-order valence-electron chi connectivity index (χ2n) is 7.04. The van der Waals surface area contributed by atoms with Gasteiger partial charge < -0.3 is 4.74 Å². The minimum atomic E-state index is -0.244. The summed E-state index contributed by atoms with van der Waals surface area (Å²) < 4.78 is 6.01. The van der Waals surface area contributed by atoms with Gasteiger partial charge in [-0.25, -0.2) is 4.79 Å². The first-order valence-corrected chi connectivity index (χ1v) is 8.57. The van der Waals surface area contributed by atoms with Crippen LogP contribution in [-0.2, 0) is 16.0 Å². The van der Waals surface area contributed by atoms with E-state index in [4.69, 9.17) is 4.74 Å². The number of carbonyl (C=O) groups excluding carboxylic acids is 1. The predicted molar refractivity (Wildman–Crippen MR) is 88.5 cm³/mol. The summed E-state index contributed by atoms with van der Waals surface area (Å²) in [6.45, 7) is 5.49. The maximum Gasteiger partial charge on any atom is 0.333 e. The predicted octanol–water partition coefficient (Wildman–Crippen LogP) is 5.13. The molecular weight excluding hydrogens is 272 g/mol. The van der Waals surface area contributed by atoms with E-state index in [0.717, 1.165) is 6.42 Å². The minimum absolute atomic E-state index is 0.101. The van der Waals surface area contributed by atoms with Gasteiger partial charge in [0.25, 0.3) is 0 Å². The third-order valence-electron chi connectivity index (χ3n) is 5.44. The highest BCUT2D eigenvalue weighted by atomic mass is 16.5. The van der Waals surface area contributed by atoms with Gasteiger partial charge in [-0.2, -0.15) is 0 Å². The number of hydrogen-bond acceptors (Lipinski definition) is 2. The fourth-order valence-electron chi connectivity index (χ4n) is 4.26. The van der Waals surface area contributed by atoms with Crippen LogP contribution in [0.25, 0.3) is 0 Å². The molecule has 2 nitrogen and oxygen atoms in total. The summed E-state index contributed by atoms with van der Waals surface area (Å²) in [6.07, 6.45) is 9.49. The van der Waals surface area contributed by atoms with E-state index in [1.165, 1.54) is 56.1 Å². The maximum absolute atomic E-state index is 12.2. The smallest absolute Gasteiger partial charge is 0.333 e. The lowest BCUT2D eigenvalue weighted by atomic mass is 9.70. The van der Waals surface area contributed by atoms with Crippen LogP contribution in [0.5, 0.6) is 0 Å². The van der Waals surface area contributed by atoms with Gasteiger partial charge >= 0.3 is 5.97 Å². The van der Waals surface area contributed by atoms with Crippen LogP contribution in [0.4, 0.5) is 0 Å². The van der Waals surface area contributed by atoms with Gasteiger partial charge in [0.1, 0.15) is 6.10 Å². The zero-order valence-electron chi connectivity index (χ0n) is 13.6. The number of carbonyl (C=O) groups is 1. The van der Waals surface area contributed by atoms with Crippen molar-refractivity contribution in [3.8, 4) is 0 Å². The number of benzene rings is 1. The highest BCUT2D eigenvalue weighted by molar-refractivity contribution is 5.87. The summed E-state index contributed by atoms with van der Waals surface area (Å²) >= 11 is 0. The van der Waals surface area contributed by atoms with E-state index < -0.39 is 0 Å².